The number of hydrogen-bond donors (Lipinski definition) is 2. The first kappa shape index (κ1) is 11.8. The predicted molar refractivity (Wildman–Crippen MR) is 65.4 cm³/mol. The van der Waals surface area contributed by atoms with Crippen LogP contribution in [0.5, 0.6) is 0 Å². The van der Waals surface area contributed by atoms with E-state index in [-0.39, 0.29) is 6.04 Å². The summed E-state index contributed by atoms with van der Waals surface area (Å²) in [6, 6.07) is -0.0284. The van der Waals surface area contributed by atoms with Crippen LogP contribution in [0.3, 0.4) is 0 Å². The second kappa shape index (κ2) is 4.67. The Kier molecular flexibility index (Phi) is 3.23. The number of fused-ring (bicyclic) bond motifs is 1. The molecule has 0 spiro atoms. The largest absolute Gasteiger partial charge is 0.391 e. The molecule has 0 aliphatic rings. The highest BCUT2D eigenvalue weighted by Gasteiger charge is 2.19. The van der Waals surface area contributed by atoms with E-state index in [0.717, 1.165) is 12.8 Å². The van der Waals surface area contributed by atoms with E-state index >= 15 is 0 Å². The maximum Gasteiger partial charge on any atom is 0.165 e. The zero-order valence-corrected chi connectivity index (χ0v) is 10.0. The topological polar surface area (TPSA) is 89.8 Å². The van der Waals surface area contributed by atoms with Crippen molar-refractivity contribution in [3.05, 3.63) is 12.7 Å². The molecule has 0 radical (unpaired) electrons. The number of aromatic nitrogens is 4. The average Bonchev–Trinajstić information content (AvgIpc) is 2.70. The number of hydrogen-bond acceptors (Lipinski definition) is 5. The molecule has 2 aromatic rings. The predicted octanol–water partition coefficient (Wildman–Crippen LogP) is 1.13. The molecule has 0 unspecified atom stereocenters. The van der Waals surface area contributed by atoms with E-state index in [2.05, 4.69) is 21.9 Å². The van der Waals surface area contributed by atoms with E-state index in [0.29, 0.717) is 17.0 Å². The maximum atomic E-state index is 9.82. The van der Waals surface area contributed by atoms with Crippen LogP contribution >= 0.6 is 0 Å². The number of imidazole rings is 1. The summed E-state index contributed by atoms with van der Waals surface area (Å²) < 4.78 is 1.88. The Hall–Kier alpha value is -1.69. The molecular formula is C11H17N5O. The van der Waals surface area contributed by atoms with E-state index < -0.39 is 6.10 Å². The number of aliphatic hydroxyl groups is 1. The van der Waals surface area contributed by atoms with Crippen molar-refractivity contribution in [3.8, 4) is 0 Å². The molecule has 0 fully saturated rings. The summed E-state index contributed by atoms with van der Waals surface area (Å²) in [7, 11) is 0. The Balaban J connectivity index is 2.50. The van der Waals surface area contributed by atoms with Crippen LogP contribution in [0.4, 0.5) is 5.82 Å². The van der Waals surface area contributed by atoms with Gasteiger partial charge in [-0.3, -0.25) is 0 Å². The molecule has 2 aromatic heterocycles. The summed E-state index contributed by atoms with van der Waals surface area (Å²) in [6.45, 7) is 3.86. The molecule has 0 amide bonds. The van der Waals surface area contributed by atoms with Gasteiger partial charge in [0.25, 0.3) is 0 Å². The monoisotopic (exact) mass is 235 g/mol. The highest BCUT2D eigenvalue weighted by Crippen LogP contribution is 2.24. The molecule has 92 valence electrons. The highest BCUT2D eigenvalue weighted by atomic mass is 16.3. The van der Waals surface area contributed by atoms with Crippen LogP contribution in [0.15, 0.2) is 12.7 Å². The molecule has 2 heterocycles. The fourth-order valence-electron chi connectivity index (χ4n) is 2.02. The van der Waals surface area contributed by atoms with Crippen LogP contribution in [-0.2, 0) is 0 Å². The smallest absolute Gasteiger partial charge is 0.165 e. The standard InChI is InChI=1S/C11H17N5O/c1-3-4-8(7(2)17)16-6-15-9-10(12)13-5-14-11(9)16/h5-8,17H,3-4H2,1-2H3,(H2,12,13,14)/t7-,8-/m0/s1. The van der Waals surface area contributed by atoms with Gasteiger partial charge in [-0.15, -0.1) is 0 Å². The van der Waals surface area contributed by atoms with Crippen molar-refractivity contribution in [1.82, 2.24) is 19.5 Å². The van der Waals surface area contributed by atoms with Gasteiger partial charge in [-0.25, -0.2) is 15.0 Å². The van der Waals surface area contributed by atoms with E-state index in [1.54, 1.807) is 13.3 Å². The summed E-state index contributed by atoms with van der Waals surface area (Å²) in [4.78, 5) is 12.3. The van der Waals surface area contributed by atoms with Crippen LogP contribution in [0.2, 0.25) is 0 Å². The molecule has 0 bridgehead atoms. The number of anilines is 1. The van der Waals surface area contributed by atoms with Crippen LogP contribution < -0.4 is 5.73 Å². The highest BCUT2D eigenvalue weighted by molar-refractivity contribution is 5.81. The van der Waals surface area contributed by atoms with Gasteiger partial charge in [0, 0.05) is 0 Å². The summed E-state index contributed by atoms with van der Waals surface area (Å²) in [5, 5.41) is 9.82. The molecule has 2 atom stereocenters. The Morgan fingerprint density at radius 2 is 2.18 bits per heavy atom. The van der Waals surface area contributed by atoms with Crippen molar-refractivity contribution in [2.75, 3.05) is 5.73 Å². The number of nitrogens with two attached hydrogens (primary N) is 1. The van der Waals surface area contributed by atoms with E-state index in [1.165, 1.54) is 6.33 Å². The van der Waals surface area contributed by atoms with Crippen LogP contribution in [0.1, 0.15) is 32.7 Å². The first-order chi connectivity index (χ1) is 8.15. The van der Waals surface area contributed by atoms with Crippen molar-refractivity contribution >= 4 is 17.0 Å². The van der Waals surface area contributed by atoms with Gasteiger partial charge < -0.3 is 15.4 Å². The summed E-state index contributed by atoms with van der Waals surface area (Å²) >= 11 is 0. The lowest BCUT2D eigenvalue weighted by molar-refractivity contribution is 0.126. The molecule has 0 aliphatic carbocycles. The molecule has 3 N–H and O–H groups in total. The Labute approximate surface area is 99.5 Å². The Morgan fingerprint density at radius 1 is 1.41 bits per heavy atom. The van der Waals surface area contributed by atoms with Gasteiger partial charge >= 0.3 is 0 Å². The molecule has 0 aromatic carbocycles. The zero-order chi connectivity index (χ0) is 12.4. The lowest BCUT2D eigenvalue weighted by Gasteiger charge is -2.21. The van der Waals surface area contributed by atoms with Crippen LogP contribution in [-0.4, -0.2) is 30.7 Å². The quantitative estimate of drug-likeness (QED) is 0.829. The Bertz CT molecular complexity index is 508. The maximum absolute atomic E-state index is 9.82. The molecule has 2 rings (SSSR count). The molecule has 0 saturated carbocycles. The third kappa shape index (κ3) is 2.08. The fraction of sp³-hybridized carbons (Fsp3) is 0.545. The third-order valence-electron chi connectivity index (χ3n) is 2.89. The molecule has 6 heteroatoms. The van der Waals surface area contributed by atoms with Gasteiger partial charge in [0.05, 0.1) is 18.5 Å². The summed E-state index contributed by atoms with van der Waals surface area (Å²) in [6.07, 6.45) is 4.48. The molecule has 6 nitrogen and oxygen atoms in total. The minimum atomic E-state index is -0.455. The first-order valence-corrected chi connectivity index (χ1v) is 5.76. The van der Waals surface area contributed by atoms with Crippen LogP contribution in [0, 0.1) is 0 Å². The van der Waals surface area contributed by atoms with Gasteiger partial charge in [-0.2, -0.15) is 0 Å². The summed E-state index contributed by atoms with van der Waals surface area (Å²) in [5.74, 6) is 0.370. The van der Waals surface area contributed by atoms with Gasteiger partial charge in [-0.1, -0.05) is 13.3 Å². The van der Waals surface area contributed by atoms with Crippen molar-refractivity contribution in [2.24, 2.45) is 0 Å². The van der Waals surface area contributed by atoms with Crippen molar-refractivity contribution in [3.63, 3.8) is 0 Å². The second-order valence-electron chi connectivity index (χ2n) is 4.18. The van der Waals surface area contributed by atoms with Gasteiger partial charge in [0.2, 0.25) is 0 Å². The van der Waals surface area contributed by atoms with Gasteiger partial charge in [0.1, 0.15) is 11.8 Å². The van der Waals surface area contributed by atoms with E-state index in [9.17, 15) is 5.11 Å². The lowest BCUT2D eigenvalue weighted by Crippen LogP contribution is -2.21. The van der Waals surface area contributed by atoms with E-state index in [4.69, 9.17) is 5.73 Å². The lowest BCUT2D eigenvalue weighted by atomic mass is 10.1. The van der Waals surface area contributed by atoms with Gasteiger partial charge in [0.15, 0.2) is 11.5 Å². The molecule has 0 saturated heterocycles. The van der Waals surface area contributed by atoms with Crippen molar-refractivity contribution < 1.29 is 5.11 Å². The Morgan fingerprint density at radius 3 is 2.82 bits per heavy atom. The number of nitrogens with zero attached hydrogens (tertiary/aromatic N) is 4. The van der Waals surface area contributed by atoms with Gasteiger partial charge in [-0.05, 0) is 13.3 Å². The number of aliphatic hydroxyl groups excluding tert-OH is 1. The number of rotatable bonds is 4. The third-order valence-corrected chi connectivity index (χ3v) is 2.89. The second-order valence-corrected chi connectivity index (χ2v) is 4.18. The zero-order valence-electron chi connectivity index (χ0n) is 10.0. The fourth-order valence-corrected chi connectivity index (χ4v) is 2.02. The molecule has 0 aliphatic heterocycles. The SMILES string of the molecule is CCC[C@@H]([C@H](C)O)n1cnc2c(N)ncnc21. The van der Waals surface area contributed by atoms with Crippen molar-refractivity contribution in [1.29, 1.82) is 0 Å². The average molecular weight is 235 g/mol. The minimum absolute atomic E-state index is 0.0284. The summed E-state index contributed by atoms with van der Waals surface area (Å²) in [5.41, 5.74) is 7.00. The van der Waals surface area contributed by atoms with Crippen molar-refractivity contribution in [2.45, 2.75) is 38.8 Å². The minimum Gasteiger partial charge on any atom is -0.391 e. The number of nitrogen functional groups attached to an aromatic ring is 1. The first-order valence-electron chi connectivity index (χ1n) is 5.76. The molecule has 17 heavy (non-hydrogen) atoms. The normalized spacial score (nSPS) is 15.0. The van der Waals surface area contributed by atoms with E-state index in [1.807, 2.05) is 4.57 Å². The van der Waals surface area contributed by atoms with Crippen LogP contribution in [0.25, 0.3) is 11.2 Å². The molecular weight excluding hydrogens is 218 g/mol.